The fourth-order valence-corrected chi connectivity index (χ4v) is 2.97. The van der Waals surface area contributed by atoms with Gasteiger partial charge in [0.2, 0.25) is 0 Å². The molecule has 4 heteroatoms. The maximum atomic E-state index is 9.49. The lowest BCUT2D eigenvalue weighted by Crippen LogP contribution is -2.02. The monoisotopic (exact) mass is 336 g/mol. The van der Waals surface area contributed by atoms with Gasteiger partial charge in [0.1, 0.15) is 6.07 Å². The number of pyridine rings is 1. The molecule has 2 aromatic carbocycles. The van der Waals surface area contributed by atoms with Crippen LogP contribution in [0.5, 0.6) is 0 Å². The van der Waals surface area contributed by atoms with Gasteiger partial charge in [-0.2, -0.15) is 5.26 Å². The molecular weight excluding hydrogens is 320 g/mol. The number of benzene rings is 2. The predicted molar refractivity (Wildman–Crippen MR) is 103 cm³/mol. The van der Waals surface area contributed by atoms with Crippen LogP contribution in [0, 0.1) is 18.3 Å². The van der Waals surface area contributed by atoms with Gasteiger partial charge in [-0.3, -0.25) is 0 Å². The van der Waals surface area contributed by atoms with E-state index in [9.17, 15) is 5.26 Å². The number of aryl methyl sites for hydroxylation is 1. The van der Waals surface area contributed by atoms with Crippen molar-refractivity contribution in [3.8, 4) is 6.07 Å². The summed E-state index contributed by atoms with van der Waals surface area (Å²) in [5.74, 6) is 0. The van der Waals surface area contributed by atoms with Gasteiger partial charge >= 0.3 is 0 Å². The number of aliphatic imine (C=N–C) groups is 1. The van der Waals surface area contributed by atoms with Gasteiger partial charge in [0.25, 0.3) is 0 Å². The largest absolute Gasteiger partial charge is 0.304 e. The summed E-state index contributed by atoms with van der Waals surface area (Å²) in [4.78, 5) is 9.30. The summed E-state index contributed by atoms with van der Waals surface area (Å²) >= 11 is 0. The molecule has 0 saturated heterocycles. The maximum Gasteiger partial charge on any atom is 0.155 e. The molecule has 0 radical (unpaired) electrons. The topological polar surface area (TPSA) is 53.5 Å². The van der Waals surface area contributed by atoms with E-state index in [1.807, 2.05) is 84.4 Å². The van der Waals surface area contributed by atoms with Crippen molar-refractivity contribution in [3.63, 3.8) is 0 Å². The molecule has 4 nitrogen and oxygen atoms in total. The minimum atomic E-state index is 0.514. The Morgan fingerprint density at radius 2 is 1.58 bits per heavy atom. The van der Waals surface area contributed by atoms with Crippen molar-refractivity contribution in [2.75, 3.05) is 0 Å². The van der Waals surface area contributed by atoms with Crippen LogP contribution in [-0.4, -0.2) is 15.1 Å². The first-order valence-corrected chi connectivity index (χ1v) is 8.33. The van der Waals surface area contributed by atoms with Crippen LogP contribution in [0.3, 0.4) is 0 Å². The second-order valence-electron chi connectivity index (χ2n) is 6.03. The van der Waals surface area contributed by atoms with Crippen molar-refractivity contribution in [3.05, 3.63) is 102 Å². The molecule has 4 aromatic rings. The van der Waals surface area contributed by atoms with Crippen molar-refractivity contribution in [1.82, 2.24) is 9.38 Å². The number of nitriles is 1. The van der Waals surface area contributed by atoms with E-state index in [0.29, 0.717) is 16.9 Å². The molecule has 0 amide bonds. The molecule has 4 rings (SSSR count). The number of hydrogen-bond donors (Lipinski definition) is 0. The molecule has 0 aliphatic heterocycles. The third-order valence-electron chi connectivity index (χ3n) is 4.11. The molecule has 0 fully saturated rings. The van der Waals surface area contributed by atoms with Crippen molar-refractivity contribution in [2.45, 2.75) is 6.92 Å². The number of nitrogens with zero attached hydrogens (tertiary/aromatic N) is 4. The van der Waals surface area contributed by atoms with Gasteiger partial charge in [0, 0.05) is 23.5 Å². The summed E-state index contributed by atoms with van der Waals surface area (Å²) in [6.45, 7) is 1.91. The average molecular weight is 336 g/mol. The smallest absolute Gasteiger partial charge is 0.155 e. The summed E-state index contributed by atoms with van der Waals surface area (Å²) in [5.41, 5.74) is 5.68. The normalized spacial score (nSPS) is 10.5. The van der Waals surface area contributed by atoms with Gasteiger partial charge in [-0.25, -0.2) is 9.98 Å². The quantitative estimate of drug-likeness (QED) is 0.510. The molecule has 2 aromatic heterocycles. The van der Waals surface area contributed by atoms with Crippen molar-refractivity contribution < 1.29 is 0 Å². The fraction of sp³-hybridized carbons (Fsp3) is 0.0455. The van der Waals surface area contributed by atoms with Crippen LogP contribution in [0.25, 0.3) is 5.65 Å². The second kappa shape index (κ2) is 6.66. The standard InChI is InChI=1S/C22H16N4/c1-16-14-26-15-20(12-19(13-23)22(26)24-16)25-21(17-8-4-2-5-9-17)18-10-6-3-7-11-18/h2-12,14-15H,1H3. The van der Waals surface area contributed by atoms with E-state index in [2.05, 4.69) is 11.1 Å². The molecule has 0 aliphatic carbocycles. The van der Waals surface area contributed by atoms with Gasteiger partial charge in [-0.15, -0.1) is 0 Å². The van der Waals surface area contributed by atoms with Crippen LogP contribution in [0.2, 0.25) is 0 Å². The minimum Gasteiger partial charge on any atom is -0.304 e. The zero-order valence-electron chi connectivity index (χ0n) is 14.3. The summed E-state index contributed by atoms with van der Waals surface area (Å²) in [6.07, 6.45) is 3.81. The van der Waals surface area contributed by atoms with E-state index in [1.165, 1.54) is 0 Å². The third kappa shape index (κ3) is 2.99. The highest BCUT2D eigenvalue weighted by Crippen LogP contribution is 2.22. The van der Waals surface area contributed by atoms with Crippen LogP contribution in [0.4, 0.5) is 5.69 Å². The van der Waals surface area contributed by atoms with Gasteiger partial charge in [0.05, 0.1) is 22.7 Å². The van der Waals surface area contributed by atoms with Gasteiger partial charge in [0.15, 0.2) is 5.65 Å². The fourth-order valence-electron chi connectivity index (χ4n) is 2.97. The minimum absolute atomic E-state index is 0.514. The van der Waals surface area contributed by atoms with Crippen molar-refractivity contribution in [1.29, 1.82) is 5.26 Å². The first-order chi connectivity index (χ1) is 12.7. The average Bonchev–Trinajstić information content (AvgIpc) is 3.07. The third-order valence-corrected chi connectivity index (χ3v) is 4.11. The number of imidazole rings is 1. The molecule has 0 N–H and O–H groups in total. The predicted octanol–water partition coefficient (Wildman–Crippen LogP) is 4.68. The Balaban J connectivity index is 1.93. The highest BCUT2D eigenvalue weighted by atomic mass is 15.0. The molecule has 0 saturated carbocycles. The summed E-state index contributed by atoms with van der Waals surface area (Å²) in [5, 5.41) is 9.49. The molecule has 124 valence electrons. The molecule has 0 aliphatic rings. The van der Waals surface area contributed by atoms with E-state index in [4.69, 9.17) is 4.99 Å². The van der Waals surface area contributed by atoms with E-state index in [1.54, 1.807) is 6.07 Å². The second-order valence-corrected chi connectivity index (χ2v) is 6.03. The van der Waals surface area contributed by atoms with Crippen LogP contribution in [-0.2, 0) is 0 Å². The molecule has 0 unspecified atom stereocenters. The Bertz CT molecular complexity index is 1090. The van der Waals surface area contributed by atoms with Crippen molar-refractivity contribution >= 4 is 17.0 Å². The van der Waals surface area contributed by atoms with Crippen LogP contribution in [0.15, 0.2) is 84.1 Å². The lowest BCUT2D eigenvalue weighted by atomic mass is 10.0. The highest BCUT2D eigenvalue weighted by molar-refractivity contribution is 6.13. The van der Waals surface area contributed by atoms with Gasteiger partial charge < -0.3 is 4.40 Å². The number of hydrogen-bond acceptors (Lipinski definition) is 3. The molecular formula is C22H16N4. The van der Waals surface area contributed by atoms with Gasteiger partial charge in [-0.05, 0) is 13.0 Å². The van der Waals surface area contributed by atoms with E-state index in [-0.39, 0.29) is 0 Å². The lowest BCUT2D eigenvalue weighted by molar-refractivity contribution is 1.17. The molecule has 26 heavy (non-hydrogen) atoms. The van der Waals surface area contributed by atoms with E-state index < -0.39 is 0 Å². The molecule has 0 bridgehead atoms. The zero-order valence-corrected chi connectivity index (χ0v) is 14.3. The van der Waals surface area contributed by atoms with Crippen LogP contribution < -0.4 is 0 Å². The summed E-state index contributed by atoms with van der Waals surface area (Å²) < 4.78 is 1.86. The number of fused-ring (bicyclic) bond motifs is 1. The SMILES string of the molecule is Cc1cn2cc(N=C(c3ccccc3)c3ccccc3)cc(C#N)c2n1. The van der Waals surface area contributed by atoms with E-state index >= 15 is 0 Å². The first-order valence-electron chi connectivity index (χ1n) is 8.33. The van der Waals surface area contributed by atoms with Gasteiger partial charge in [-0.1, -0.05) is 60.7 Å². The Kier molecular flexibility index (Phi) is 4.04. The lowest BCUT2D eigenvalue weighted by Gasteiger charge is -2.08. The highest BCUT2D eigenvalue weighted by Gasteiger charge is 2.10. The summed E-state index contributed by atoms with van der Waals surface area (Å²) in [7, 11) is 0. The molecule has 0 spiro atoms. The number of rotatable bonds is 3. The molecule has 2 heterocycles. The Morgan fingerprint density at radius 1 is 0.962 bits per heavy atom. The first kappa shape index (κ1) is 15.8. The summed E-state index contributed by atoms with van der Waals surface area (Å²) in [6, 6.07) is 24.1. The maximum absolute atomic E-state index is 9.49. The Morgan fingerprint density at radius 3 is 2.15 bits per heavy atom. The zero-order chi connectivity index (χ0) is 17.9. The molecule has 0 atom stereocenters. The Hall–Kier alpha value is -3.71. The number of aromatic nitrogens is 2. The van der Waals surface area contributed by atoms with Crippen LogP contribution >= 0.6 is 0 Å². The van der Waals surface area contributed by atoms with Crippen molar-refractivity contribution in [2.24, 2.45) is 4.99 Å². The van der Waals surface area contributed by atoms with Crippen LogP contribution in [0.1, 0.15) is 22.4 Å². The Labute approximate surface area is 151 Å². The van der Waals surface area contributed by atoms with E-state index in [0.717, 1.165) is 22.5 Å².